The summed E-state index contributed by atoms with van der Waals surface area (Å²) < 4.78 is 0. The normalized spacial score (nSPS) is 11.5. The Kier molecular flexibility index (Phi) is 1.45. The Bertz CT molecular complexity index is 635. The summed E-state index contributed by atoms with van der Waals surface area (Å²) in [5.74, 6) is -0.107. The van der Waals surface area contributed by atoms with Gasteiger partial charge in [0.1, 0.15) is 23.0 Å². The fraction of sp³-hybridized carbons (Fsp3) is 0. The van der Waals surface area contributed by atoms with E-state index in [0.29, 0.717) is 20.9 Å². The molecule has 0 aromatic heterocycles. The van der Waals surface area contributed by atoms with Crippen LogP contribution in [0.15, 0.2) is 24.3 Å². The molecule has 3 rings (SSSR count). The number of hydrogen-bond donors (Lipinski definition) is 4. The van der Waals surface area contributed by atoms with Gasteiger partial charge >= 0.3 is 0 Å². The van der Waals surface area contributed by atoms with Crippen molar-refractivity contribution in [2.24, 2.45) is 0 Å². The van der Waals surface area contributed by atoms with Crippen molar-refractivity contribution in [1.82, 2.24) is 0 Å². The lowest BCUT2D eigenvalue weighted by Gasteiger charge is -2.10. The number of phenolic OH excluding ortho intramolecular Hbond substituents is 4. The molecule has 0 saturated heterocycles. The van der Waals surface area contributed by atoms with Crippen molar-refractivity contribution >= 4 is 0 Å². The van der Waals surface area contributed by atoms with Gasteiger partial charge in [-0.15, -0.1) is 0 Å². The molecule has 0 bridgehead atoms. The molecule has 0 atom stereocenters. The van der Waals surface area contributed by atoms with Gasteiger partial charge in [-0.1, -0.05) is 0 Å². The maximum atomic E-state index is 9.63. The van der Waals surface area contributed by atoms with Crippen LogP contribution in [0.5, 0.6) is 23.0 Å². The molecule has 1 aliphatic rings. The van der Waals surface area contributed by atoms with E-state index in [4.69, 9.17) is 0 Å². The number of phenols is 4. The van der Waals surface area contributed by atoms with Crippen LogP contribution in [0, 0.1) is 20.9 Å². The Hall–Kier alpha value is -2.36. The number of hydrogen-bond acceptors (Lipinski definition) is 4. The van der Waals surface area contributed by atoms with Crippen LogP contribution in [0.3, 0.4) is 0 Å². The van der Waals surface area contributed by atoms with Crippen molar-refractivity contribution in [2.75, 3.05) is 0 Å². The van der Waals surface area contributed by atoms with E-state index in [0.717, 1.165) is 0 Å². The largest absolute Gasteiger partial charge is 0.507 e. The summed E-state index contributed by atoms with van der Waals surface area (Å²) in [5.41, 5.74) is 0. The van der Waals surface area contributed by atoms with Crippen LogP contribution in [0.1, 0.15) is 0 Å². The molecule has 80 valence electrons. The Morgan fingerprint density at radius 2 is 0.625 bits per heavy atom. The van der Waals surface area contributed by atoms with E-state index in [9.17, 15) is 20.4 Å². The summed E-state index contributed by atoms with van der Waals surface area (Å²) >= 11 is 0. The van der Waals surface area contributed by atoms with E-state index in [2.05, 4.69) is 0 Å². The average molecular weight is 216 g/mol. The summed E-state index contributed by atoms with van der Waals surface area (Å²) in [7, 11) is 0. The minimum atomic E-state index is -0.0267. The van der Waals surface area contributed by atoms with Gasteiger partial charge in [-0.25, -0.2) is 0 Å². The summed E-state index contributed by atoms with van der Waals surface area (Å²) in [6.45, 7) is 0. The summed E-state index contributed by atoms with van der Waals surface area (Å²) in [6.07, 6.45) is 0. The fourth-order valence-electron chi connectivity index (χ4n) is 2.11. The zero-order valence-corrected chi connectivity index (χ0v) is 8.10. The molecule has 0 unspecified atom stereocenters. The van der Waals surface area contributed by atoms with E-state index in [1.54, 1.807) is 0 Å². The van der Waals surface area contributed by atoms with E-state index < -0.39 is 0 Å². The van der Waals surface area contributed by atoms with Crippen LogP contribution in [0.25, 0.3) is 0 Å². The Morgan fingerprint density at radius 3 is 0.812 bits per heavy atom. The Balaban J connectivity index is 2.76. The van der Waals surface area contributed by atoms with Gasteiger partial charge in [0.2, 0.25) is 0 Å². The third kappa shape index (κ3) is 0.839. The van der Waals surface area contributed by atoms with Gasteiger partial charge in [-0.3, -0.25) is 0 Å². The fourth-order valence-corrected chi connectivity index (χ4v) is 2.11. The van der Waals surface area contributed by atoms with Crippen molar-refractivity contribution in [3.63, 3.8) is 0 Å². The minimum absolute atomic E-state index is 0.0267. The molecule has 0 fully saturated rings. The number of rotatable bonds is 0. The lowest BCUT2D eigenvalue weighted by molar-refractivity contribution is 0.436. The summed E-state index contributed by atoms with van der Waals surface area (Å²) in [5, 5.41) is 40.0. The van der Waals surface area contributed by atoms with Gasteiger partial charge in [0.15, 0.2) is 0 Å². The van der Waals surface area contributed by atoms with Crippen LogP contribution in [0.4, 0.5) is 0 Å². The highest BCUT2D eigenvalue weighted by molar-refractivity contribution is 5.50. The van der Waals surface area contributed by atoms with Crippen LogP contribution < -0.4 is 0 Å². The number of fused-ring (bicyclic) bond motifs is 2. The average Bonchev–Trinajstić information content (AvgIpc) is 2.19. The summed E-state index contributed by atoms with van der Waals surface area (Å²) in [6, 6.07) is 5.39. The first-order valence-corrected chi connectivity index (χ1v) is 4.72. The van der Waals surface area contributed by atoms with Gasteiger partial charge in [0, 0.05) is 20.9 Å². The number of aromatic hydroxyl groups is 4. The van der Waals surface area contributed by atoms with Crippen molar-refractivity contribution in [3.05, 3.63) is 45.1 Å². The maximum absolute atomic E-state index is 9.63. The maximum Gasteiger partial charge on any atom is 0.124 e. The Morgan fingerprint density at radius 1 is 0.438 bits per heavy atom. The highest BCUT2D eigenvalue weighted by atomic mass is 16.3. The molecule has 0 amide bonds. The molecule has 0 saturated carbocycles. The zero-order valence-electron chi connectivity index (χ0n) is 8.10. The van der Waals surface area contributed by atoms with Crippen molar-refractivity contribution in [2.45, 2.75) is 0 Å². The zero-order chi connectivity index (χ0) is 11.4. The third-order valence-electron chi connectivity index (χ3n) is 2.82. The standard InChI is InChI=1S/C12H8O4/c13-5-1-2-6(14)10-9(5)11-7(15)3-4-8(16)12(10)11/h1-4,13-16H. The second-order valence-electron chi connectivity index (χ2n) is 3.71. The molecule has 0 aliphatic heterocycles. The Labute approximate surface area is 89.3 Å². The first-order chi connectivity index (χ1) is 7.61. The van der Waals surface area contributed by atoms with Gasteiger partial charge < -0.3 is 20.4 Å². The highest BCUT2D eigenvalue weighted by Gasteiger charge is 2.15. The first kappa shape index (κ1) is 8.91. The first-order valence-electron chi connectivity index (χ1n) is 4.72. The molecular formula is C12H8O4. The van der Waals surface area contributed by atoms with E-state index >= 15 is 0 Å². The quantitative estimate of drug-likeness (QED) is 0.428. The van der Waals surface area contributed by atoms with Crippen LogP contribution in [-0.2, 0) is 0 Å². The molecule has 4 nitrogen and oxygen atoms in total. The van der Waals surface area contributed by atoms with Crippen LogP contribution in [-0.4, -0.2) is 20.4 Å². The summed E-state index contributed by atoms with van der Waals surface area (Å²) in [4.78, 5) is 0. The molecule has 0 radical (unpaired) electrons. The molecule has 1 aliphatic carbocycles. The molecule has 2 aromatic carbocycles. The van der Waals surface area contributed by atoms with Gasteiger partial charge in [0.05, 0.1) is 0 Å². The monoisotopic (exact) mass is 216 g/mol. The number of benzene rings is 2. The SMILES string of the molecule is Oc1ccc(O)c2c1=c1c(O)ccc(O)c1=2. The molecule has 0 spiro atoms. The third-order valence-corrected chi connectivity index (χ3v) is 2.82. The minimum Gasteiger partial charge on any atom is -0.507 e. The van der Waals surface area contributed by atoms with Crippen molar-refractivity contribution in [3.8, 4) is 23.0 Å². The van der Waals surface area contributed by atoms with Crippen LogP contribution >= 0.6 is 0 Å². The molecule has 0 heterocycles. The molecule has 4 N–H and O–H groups in total. The predicted octanol–water partition coefficient (Wildman–Crippen LogP) is 1.40. The molecule has 16 heavy (non-hydrogen) atoms. The van der Waals surface area contributed by atoms with Crippen molar-refractivity contribution in [1.29, 1.82) is 0 Å². The lowest BCUT2D eigenvalue weighted by Crippen LogP contribution is -1.93. The predicted molar refractivity (Wildman–Crippen MR) is 54.9 cm³/mol. The molecule has 2 aromatic rings. The van der Waals surface area contributed by atoms with Gasteiger partial charge in [0.25, 0.3) is 0 Å². The van der Waals surface area contributed by atoms with E-state index in [1.807, 2.05) is 0 Å². The molecular weight excluding hydrogens is 208 g/mol. The van der Waals surface area contributed by atoms with E-state index in [1.165, 1.54) is 24.3 Å². The van der Waals surface area contributed by atoms with Crippen LogP contribution in [0.2, 0.25) is 0 Å². The molecule has 4 heteroatoms. The van der Waals surface area contributed by atoms with Crippen molar-refractivity contribution < 1.29 is 20.4 Å². The van der Waals surface area contributed by atoms with Gasteiger partial charge in [-0.05, 0) is 24.3 Å². The second-order valence-corrected chi connectivity index (χ2v) is 3.71. The lowest BCUT2D eigenvalue weighted by atomic mass is 9.98. The van der Waals surface area contributed by atoms with Gasteiger partial charge in [-0.2, -0.15) is 0 Å². The second kappa shape index (κ2) is 2.61. The topological polar surface area (TPSA) is 80.9 Å². The van der Waals surface area contributed by atoms with E-state index in [-0.39, 0.29) is 23.0 Å². The highest BCUT2D eigenvalue weighted by Crippen LogP contribution is 2.34. The smallest absolute Gasteiger partial charge is 0.124 e.